The third-order valence-electron chi connectivity index (χ3n) is 3.32. The van der Waals surface area contributed by atoms with E-state index in [4.69, 9.17) is 10.5 Å². The normalized spacial score (nSPS) is 36.4. The van der Waals surface area contributed by atoms with Gasteiger partial charge in [0.15, 0.2) is 0 Å². The summed E-state index contributed by atoms with van der Waals surface area (Å²) < 4.78 is 5.56. The maximum Gasteiger partial charge on any atom is 0.0824 e. The summed E-state index contributed by atoms with van der Waals surface area (Å²) in [4.78, 5) is 4.95. The van der Waals surface area contributed by atoms with Crippen molar-refractivity contribution in [3.05, 3.63) is 0 Å². The van der Waals surface area contributed by atoms with E-state index in [1.807, 2.05) is 0 Å². The minimum absolute atomic E-state index is 0.259. The van der Waals surface area contributed by atoms with E-state index in [9.17, 15) is 0 Å². The third-order valence-corrected chi connectivity index (χ3v) is 3.32. The Kier molecular flexibility index (Phi) is 3.38. The molecule has 0 amide bonds. The number of likely N-dealkylation sites (tertiary alicyclic amines) is 1. The molecule has 2 aliphatic heterocycles. The number of nitrogens with two attached hydrogens (primary N) is 1. The molecule has 0 aliphatic carbocycles. The quantitative estimate of drug-likeness (QED) is 0.642. The van der Waals surface area contributed by atoms with Crippen molar-refractivity contribution < 1.29 is 4.74 Å². The van der Waals surface area contributed by atoms with Gasteiger partial charge in [0.05, 0.1) is 12.7 Å². The van der Waals surface area contributed by atoms with Crippen LogP contribution in [0.4, 0.5) is 0 Å². The highest BCUT2D eigenvalue weighted by Gasteiger charge is 2.29. The van der Waals surface area contributed by atoms with Crippen LogP contribution in [0.5, 0.6) is 0 Å². The zero-order valence-corrected chi connectivity index (χ0v) is 8.98. The number of ether oxygens (including phenoxy) is 1. The fraction of sp³-hybridized carbons (Fsp3) is 1.00. The Bertz CT molecular complexity index is 188. The van der Waals surface area contributed by atoms with Gasteiger partial charge in [0.1, 0.15) is 0 Å². The molecular weight excluding hydrogens is 178 g/mol. The average Bonchev–Trinajstić information content (AvgIpc) is 2.65. The molecule has 4 heteroatoms. The molecule has 2 aliphatic rings. The minimum Gasteiger partial charge on any atom is -0.374 e. The van der Waals surface area contributed by atoms with Crippen LogP contribution in [0.15, 0.2) is 0 Å². The van der Waals surface area contributed by atoms with Gasteiger partial charge < -0.3 is 15.4 Å². The van der Waals surface area contributed by atoms with Crippen LogP contribution < -0.4 is 5.73 Å². The van der Waals surface area contributed by atoms with Crippen molar-refractivity contribution in [3.63, 3.8) is 0 Å². The number of hydrogen-bond donors (Lipinski definition) is 1. The molecule has 2 fully saturated rings. The lowest BCUT2D eigenvalue weighted by Gasteiger charge is -2.36. The molecule has 0 bridgehead atoms. The standard InChI is InChI=1S/C10H21N3O/c1-12-3-2-9(7-12)13-4-5-14-10(6-11)8-13/h9-10H,2-8,11H2,1H3. The van der Waals surface area contributed by atoms with Gasteiger partial charge in [0.2, 0.25) is 0 Å². The second kappa shape index (κ2) is 4.57. The number of rotatable bonds is 2. The SMILES string of the molecule is CN1CCC(N2CCOC(CN)C2)C1. The third kappa shape index (κ3) is 2.25. The second-order valence-corrected chi connectivity index (χ2v) is 4.43. The maximum atomic E-state index is 5.63. The Balaban J connectivity index is 1.84. The molecule has 82 valence electrons. The first-order valence-electron chi connectivity index (χ1n) is 5.54. The molecule has 2 atom stereocenters. The molecular formula is C10H21N3O. The highest BCUT2D eigenvalue weighted by molar-refractivity contribution is 4.85. The van der Waals surface area contributed by atoms with Gasteiger partial charge in [-0.1, -0.05) is 0 Å². The number of likely N-dealkylation sites (N-methyl/N-ethyl adjacent to an activating group) is 1. The first kappa shape index (κ1) is 10.4. The number of hydrogen-bond acceptors (Lipinski definition) is 4. The average molecular weight is 199 g/mol. The minimum atomic E-state index is 0.259. The van der Waals surface area contributed by atoms with E-state index in [0.29, 0.717) is 6.54 Å². The van der Waals surface area contributed by atoms with Crippen molar-refractivity contribution in [1.29, 1.82) is 0 Å². The maximum absolute atomic E-state index is 5.63. The van der Waals surface area contributed by atoms with Gasteiger partial charge in [-0.15, -0.1) is 0 Å². The van der Waals surface area contributed by atoms with Crippen LogP contribution in [0.2, 0.25) is 0 Å². The van der Waals surface area contributed by atoms with Crippen molar-refractivity contribution >= 4 is 0 Å². The smallest absolute Gasteiger partial charge is 0.0824 e. The fourth-order valence-electron chi connectivity index (χ4n) is 2.43. The van der Waals surface area contributed by atoms with Gasteiger partial charge in [-0.05, 0) is 20.0 Å². The molecule has 2 unspecified atom stereocenters. The van der Waals surface area contributed by atoms with E-state index >= 15 is 0 Å². The van der Waals surface area contributed by atoms with Crippen molar-refractivity contribution in [2.75, 3.05) is 46.4 Å². The van der Waals surface area contributed by atoms with Crippen LogP contribution >= 0.6 is 0 Å². The summed E-state index contributed by atoms with van der Waals surface area (Å²) in [6.45, 7) is 6.04. The van der Waals surface area contributed by atoms with Crippen molar-refractivity contribution in [2.45, 2.75) is 18.6 Å². The van der Waals surface area contributed by atoms with Crippen LogP contribution in [0.3, 0.4) is 0 Å². The molecule has 0 spiro atoms. The van der Waals surface area contributed by atoms with Crippen LogP contribution in [0.1, 0.15) is 6.42 Å². The van der Waals surface area contributed by atoms with Crippen LogP contribution in [-0.2, 0) is 4.74 Å². The summed E-state index contributed by atoms with van der Waals surface area (Å²) in [6.07, 6.45) is 1.56. The van der Waals surface area contributed by atoms with Crippen molar-refractivity contribution in [1.82, 2.24) is 9.80 Å². The Morgan fingerprint density at radius 3 is 2.86 bits per heavy atom. The second-order valence-electron chi connectivity index (χ2n) is 4.43. The van der Waals surface area contributed by atoms with Crippen molar-refractivity contribution in [3.8, 4) is 0 Å². The molecule has 0 aromatic heterocycles. The fourth-order valence-corrected chi connectivity index (χ4v) is 2.43. The summed E-state index contributed by atoms with van der Waals surface area (Å²) in [6, 6.07) is 0.734. The van der Waals surface area contributed by atoms with E-state index in [2.05, 4.69) is 16.8 Å². The van der Waals surface area contributed by atoms with Gasteiger partial charge >= 0.3 is 0 Å². The molecule has 2 heterocycles. The summed E-state index contributed by atoms with van der Waals surface area (Å²) >= 11 is 0. The van der Waals surface area contributed by atoms with E-state index in [0.717, 1.165) is 25.7 Å². The monoisotopic (exact) mass is 199 g/mol. The number of nitrogens with zero attached hydrogens (tertiary/aromatic N) is 2. The Hall–Kier alpha value is -0.160. The molecule has 0 aromatic rings. The number of morpholine rings is 1. The van der Waals surface area contributed by atoms with Crippen LogP contribution in [-0.4, -0.2) is 68.3 Å². The Labute approximate surface area is 86.0 Å². The lowest BCUT2D eigenvalue weighted by Crippen LogP contribution is -2.50. The predicted octanol–water partition coefficient (Wildman–Crippen LogP) is -0.650. The summed E-state index contributed by atoms with van der Waals surface area (Å²) in [5, 5.41) is 0. The van der Waals surface area contributed by atoms with Crippen LogP contribution in [0.25, 0.3) is 0 Å². The topological polar surface area (TPSA) is 41.7 Å². The highest BCUT2D eigenvalue weighted by atomic mass is 16.5. The van der Waals surface area contributed by atoms with Gasteiger partial charge in [-0.2, -0.15) is 0 Å². The molecule has 2 rings (SSSR count). The lowest BCUT2D eigenvalue weighted by atomic mass is 10.2. The lowest BCUT2D eigenvalue weighted by molar-refractivity contribution is -0.0366. The first-order chi connectivity index (χ1) is 6.79. The van der Waals surface area contributed by atoms with Gasteiger partial charge in [-0.25, -0.2) is 0 Å². The summed E-state index contributed by atoms with van der Waals surface area (Å²) in [5.74, 6) is 0. The molecule has 0 radical (unpaired) electrons. The summed E-state index contributed by atoms with van der Waals surface area (Å²) in [5.41, 5.74) is 5.63. The zero-order valence-electron chi connectivity index (χ0n) is 8.98. The van der Waals surface area contributed by atoms with Crippen LogP contribution in [0, 0.1) is 0 Å². The van der Waals surface area contributed by atoms with Gasteiger partial charge in [0, 0.05) is 32.2 Å². The molecule has 14 heavy (non-hydrogen) atoms. The predicted molar refractivity (Wildman–Crippen MR) is 56.3 cm³/mol. The Morgan fingerprint density at radius 2 is 2.21 bits per heavy atom. The zero-order chi connectivity index (χ0) is 9.97. The van der Waals surface area contributed by atoms with E-state index < -0.39 is 0 Å². The molecule has 0 saturated carbocycles. The molecule has 2 N–H and O–H groups in total. The molecule has 4 nitrogen and oxygen atoms in total. The van der Waals surface area contributed by atoms with E-state index in [1.165, 1.54) is 19.5 Å². The highest BCUT2D eigenvalue weighted by Crippen LogP contribution is 2.16. The van der Waals surface area contributed by atoms with Gasteiger partial charge in [-0.3, -0.25) is 4.90 Å². The largest absolute Gasteiger partial charge is 0.374 e. The summed E-state index contributed by atoms with van der Waals surface area (Å²) in [7, 11) is 2.20. The van der Waals surface area contributed by atoms with Gasteiger partial charge in [0.25, 0.3) is 0 Å². The Morgan fingerprint density at radius 1 is 1.36 bits per heavy atom. The van der Waals surface area contributed by atoms with E-state index in [1.54, 1.807) is 0 Å². The molecule has 2 saturated heterocycles. The first-order valence-corrected chi connectivity index (χ1v) is 5.54. The van der Waals surface area contributed by atoms with Crippen molar-refractivity contribution in [2.24, 2.45) is 5.73 Å². The molecule has 0 aromatic carbocycles. The van der Waals surface area contributed by atoms with E-state index in [-0.39, 0.29) is 6.10 Å².